The molecule has 9 nitrogen and oxygen atoms in total. The molecule has 5 rings (SSSR count). The van der Waals surface area contributed by atoms with E-state index in [0.29, 0.717) is 6.61 Å². The van der Waals surface area contributed by atoms with E-state index in [4.69, 9.17) is 4.74 Å². The van der Waals surface area contributed by atoms with E-state index in [1.54, 1.807) is 6.92 Å². The molecule has 1 fully saturated rings. The van der Waals surface area contributed by atoms with E-state index in [-0.39, 0.29) is 5.91 Å². The molecule has 2 aromatic carbocycles. The van der Waals surface area contributed by atoms with E-state index in [0.717, 1.165) is 72.0 Å². The smallest absolute Gasteiger partial charge is 0.219 e. The van der Waals surface area contributed by atoms with Crippen molar-refractivity contribution in [1.29, 1.82) is 0 Å². The molecule has 0 saturated carbocycles. The Morgan fingerprint density at radius 1 is 1.06 bits per heavy atom. The first-order valence-corrected chi connectivity index (χ1v) is 10.7. The van der Waals surface area contributed by atoms with Gasteiger partial charge in [-0.15, -0.1) is 0 Å². The number of hydrogen-bond donors (Lipinski definition) is 2. The maximum Gasteiger partial charge on any atom is 0.219 e. The highest BCUT2D eigenvalue weighted by Gasteiger charge is 2.18. The van der Waals surface area contributed by atoms with Crippen molar-refractivity contribution in [3.8, 4) is 28.4 Å². The number of aromatic amines is 2. The maximum atomic E-state index is 11.5. The lowest BCUT2D eigenvalue weighted by molar-refractivity contribution is -0.130. The zero-order chi connectivity index (χ0) is 21.9. The third-order valence-corrected chi connectivity index (χ3v) is 5.85. The summed E-state index contributed by atoms with van der Waals surface area (Å²) in [6, 6.07) is 14.0. The van der Waals surface area contributed by atoms with Crippen molar-refractivity contribution in [3.63, 3.8) is 0 Å². The Balaban J connectivity index is 1.27. The van der Waals surface area contributed by atoms with Gasteiger partial charge in [0.15, 0.2) is 5.82 Å². The second kappa shape index (κ2) is 8.80. The average molecular weight is 432 g/mol. The lowest BCUT2D eigenvalue weighted by Gasteiger charge is -2.34. The molecule has 0 atom stereocenters. The van der Waals surface area contributed by atoms with Gasteiger partial charge in [0.2, 0.25) is 5.91 Å². The summed E-state index contributed by atoms with van der Waals surface area (Å²) in [6.07, 6.45) is 1.50. The molecule has 1 aliphatic rings. The summed E-state index contributed by atoms with van der Waals surface area (Å²) in [4.78, 5) is 19.9. The minimum atomic E-state index is 0.150. The number of amides is 1. The Morgan fingerprint density at radius 3 is 2.72 bits per heavy atom. The second-order valence-electron chi connectivity index (χ2n) is 7.89. The zero-order valence-electron chi connectivity index (χ0n) is 17.9. The van der Waals surface area contributed by atoms with Crippen molar-refractivity contribution < 1.29 is 9.53 Å². The lowest BCUT2D eigenvalue weighted by atomic mass is 10.1. The highest BCUT2D eigenvalue weighted by atomic mass is 16.5. The molecule has 9 heteroatoms. The summed E-state index contributed by atoms with van der Waals surface area (Å²) in [5.41, 5.74) is 3.76. The van der Waals surface area contributed by atoms with Crippen LogP contribution in [0.1, 0.15) is 6.92 Å². The minimum Gasteiger partial charge on any atom is -0.492 e. The van der Waals surface area contributed by atoms with Gasteiger partial charge in [0, 0.05) is 56.2 Å². The summed E-state index contributed by atoms with van der Waals surface area (Å²) in [7, 11) is 0. The first-order chi connectivity index (χ1) is 15.7. The predicted molar refractivity (Wildman–Crippen MR) is 121 cm³/mol. The van der Waals surface area contributed by atoms with E-state index in [1.807, 2.05) is 41.3 Å². The molecule has 0 radical (unpaired) electrons. The third kappa shape index (κ3) is 4.19. The first-order valence-electron chi connectivity index (χ1n) is 10.7. The molecule has 2 aromatic heterocycles. The van der Waals surface area contributed by atoms with Crippen LogP contribution >= 0.6 is 0 Å². The van der Waals surface area contributed by atoms with Gasteiger partial charge in [0.25, 0.3) is 0 Å². The van der Waals surface area contributed by atoms with Crippen molar-refractivity contribution in [2.24, 2.45) is 0 Å². The molecule has 164 valence electrons. The van der Waals surface area contributed by atoms with Crippen molar-refractivity contribution in [2.45, 2.75) is 6.92 Å². The van der Waals surface area contributed by atoms with Crippen LogP contribution in [0.25, 0.3) is 33.5 Å². The van der Waals surface area contributed by atoms with Crippen LogP contribution in [-0.4, -0.2) is 80.4 Å². The number of benzene rings is 2. The number of H-pyrrole nitrogens is 2. The van der Waals surface area contributed by atoms with Gasteiger partial charge in [-0.2, -0.15) is 10.2 Å². The van der Waals surface area contributed by atoms with Crippen molar-refractivity contribution in [3.05, 3.63) is 48.8 Å². The van der Waals surface area contributed by atoms with Crippen molar-refractivity contribution in [2.75, 3.05) is 39.3 Å². The Hall–Kier alpha value is -3.72. The van der Waals surface area contributed by atoms with Crippen LogP contribution in [0.3, 0.4) is 0 Å². The quantitative estimate of drug-likeness (QED) is 0.486. The normalized spacial score (nSPS) is 14.7. The fraction of sp³-hybridized carbons (Fsp3) is 0.304. The molecule has 32 heavy (non-hydrogen) atoms. The Morgan fingerprint density at radius 2 is 1.94 bits per heavy atom. The van der Waals surface area contributed by atoms with E-state index < -0.39 is 0 Å². The molecular weight excluding hydrogens is 406 g/mol. The van der Waals surface area contributed by atoms with Gasteiger partial charge >= 0.3 is 0 Å². The number of carbonyl (C=O) groups excluding carboxylic acids is 1. The minimum absolute atomic E-state index is 0.150. The van der Waals surface area contributed by atoms with E-state index in [9.17, 15) is 4.79 Å². The molecular formula is C23H25N7O2. The zero-order valence-corrected chi connectivity index (χ0v) is 17.9. The predicted octanol–water partition coefficient (Wildman–Crippen LogP) is 2.56. The Kier molecular flexibility index (Phi) is 5.55. The first kappa shape index (κ1) is 20.2. The summed E-state index contributed by atoms with van der Waals surface area (Å²) in [5, 5.41) is 15.5. The highest BCUT2D eigenvalue weighted by Crippen LogP contribution is 2.31. The number of ether oxygens (including phenoxy) is 1. The van der Waals surface area contributed by atoms with Crippen molar-refractivity contribution in [1.82, 2.24) is 35.2 Å². The highest BCUT2D eigenvalue weighted by molar-refractivity contribution is 5.95. The van der Waals surface area contributed by atoms with Crippen LogP contribution < -0.4 is 4.74 Å². The van der Waals surface area contributed by atoms with Gasteiger partial charge in [-0.1, -0.05) is 12.1 Å². The summed E-state index contributed by atoms with van der Waals surface area (Å²) in [6.45, 7) is 6.40. The standard InChI is InChI=1S/C23H25N7O2/c1-16(31)30-9-7-29(8-10-30)11-12-32-19-4-2-3-17(13-19)22-20-14-18(23-24-15-25-28-23)5-6-21(20)26-27-22/h2-6,13-15H,7-12H2,1H3,(H,26,27)(H,24,25,28). The Labute approximate surface area is 185 Å². The van der Waals surface area contributed by atoms with Gasteiger partial charge in [0.05, 0.1) is 5.52 Å². The largest absolute Gasteiger partial charge is 0.492 e. The number of nitrogens with zero attached hydrogens (tertiary/aromatic N) is 5. The van der Waals surface area contributed by atoms with Crippen LogP contribution in [0, 0.1) is 0 Å². The SMILES string of the molecule is CC(=O)N1CCN(CCOc2cccc(-c3n[nH]c4ccc(-c5ncn[nH]5)cc34)c2)CC1. The monoisotopic (exact) mass is 431 g/mol. The van der Waals surface area contributed by atoms with Crippen LogP contribution in [0.15, 0.2) is 48.8 Å². The van der Waals surface area contributed by atoms with Crippen LogP contribution in [0.2, 0.25) is 0 Å². The molecule has 0 spiro atoms. The van der Waals surface area contributed by atoms with Gasteiger partial charge in [-0.3, -0.25) is 19.9 Å². The fourth-order valence-electron chi connectivity index (χ4n) is 4.04. The summed E-state index contributed by atoms with van der Waals surface area (Å²) < 4.78 is 6.03. The van der Waals surface area contributed by atoms with E-state index >= 15 is 0 Å². The molecule has 1 aliphatic heterocycles. The molecule has 1 amide bonds. The third-order valence-electron chi connectivity index (χ3n) is 5.85. The van der Waals surface area contributed by atoms with Crippen LogP contribution in [0.4, 0.5) is 0 Å². The number of piperazine rings is 1. The summed E-state index contributed by atoms with van der Waals surface area (Å²) >= 11 is 0. The number of nitrogens with one attached hydrogen (secondary N) is 2. The van der Waals surface area contributed by atoms with E-state index in [2.05, 4.69) is 36.3 Å². The van der Waals surface area contributed by atoms with Gasteiger partial charge < -0.3 is 9.64 Å². The average Bonchev–Trinajstić information content (AvgIpc) is 3.49. The van der Waals surface area contributed by atoms with Crippen LogP contribution in [0.5, 0.6) is 5.75 Å². The maximum absolute atomic E-state index is 11.5. The molecule has 2 N–H and O–H groups in total. The summed E-state index contributed by atoms with van der Waals surface area (Å²) in [5.74, 6) is 1.68. The molecule has 0 unspecified atom stereocenters. The molecule has 3 heterocycles. The number of rotatable bonds is 6. The number of hydrogen-bond acceptors (Lipinski definition) is 6. The fourth-order valence-corrected chi connectivity index (χ4v) is 4.04. The molecule has 0 aliphatic carbocycles. The molecule has 0 bridgehead atoms. The van der Waals surface area contributed by atoms with Gasteiger partial charge in [-0.05, 0) is 30.3 Å². The second-order valence-corrected chi connectivity index (χ2v) is 7.89. The number of aromatic nitrogens is 5. The van der Waals surface area contributed by atoms with Gasteiger partial charge in [-0.25, -0.2) is 4.98 Å². The Bertz CT molecular complexity index is 1210. The number of fused-ring (bicyclic) bond motifs is 1. The lowest BCUT2D eigenvalue weighted by Crippen LogP contribution is -2.48. The number of carbonyl (C=O) groups is 1. The van der Waals surface area contributed by atoms with Crippen molar-refractivity contribution >= 4 is 16.8 Å². The van der Waals surface area contributed by atoms with Gasteiger partial charge in [0.1, 0.15) is 24.4 Å². The molecule has 1 saturated heterocycles. The van der Waals surface area contributed by atoms with Crippen LogP contribution in [-0.2, 0) is 4.79 Å². The molecule has 4 aromatic rings. The van der Waals surface area contributed by atoms with E-state index in [1.165, 1.54) is 6.33 Å². The topological polar surface area (TPSA) is 103 Å².